The third kappa shape index (κ3) is 19.4. The summed E-state index contributed by atoms with van der Waals surface area (Å²) in [5.74, 6) is 2.09. The fourth-order valence-electron chi connectivity index (χ4n) is 12.3. The van der Waals surface area contributed by atoms with Gasteiger partial charge in [-0.3, -0.25) is 30.3 Å². The van der Waals surface area contributed by atoms with Gasteiger partial charge in [0.15, 0.2) is 0 Å². The Labute approximate surface area is 561 Å². The topological polar surface area (TPSA) is 236 Å². The van der Waals surface area contributed by atoms with Crippen LogP contribution >= 0.6 is 35.3 Å². The Balaban J connectivity index is 1.16. The second-order valence-corrected chi connectivity index (χ2v) is 27.2. The molecule has 0 amide bonds. The van der Waals surface area contributed by atoms with Crippen LogP contribution in [0.5, 0.6) is 34.5 Å². The van der Waals surface area contributed by atoms with E-state index in [2.05, 4.69) is 36.7 Å². The number of benzene rings is 7. The highest BCUT2D eigenvalue weighted by Gasteiger charge is 2.28. The van der Waals surface area contributed by atoms with Crippen molar-refractivity contribution < 1.29 is 59.2 Å². The molecule has 0 aliphatic heterocycles. The monoisotopic (exact) mass is 1320 g/mol. The number of phenols is 6. The lowest BCUT2D eigenvalue weighted by molar-refractivity contribution is -0.143. The van der Waals surface area contributed by atoms with E-state index >= 15 is 0 Å². The number of rotatable bonds is 33. The molecule has 0 spiro atoms. The average Bonchev–Trinajstić information content (AvgIpc) is 0.793. The minimum Gasteiger partial charge on any atom is -0.508 e. The van der Waals surface area contributed by atoms with Gasteiger partial charge in [-0.1, -0.05) is 127 Å². The van der Waals surface area contributed by atoms with Crippen LogP contribution in [0, 0.1) is 41.5 Å². The van der Waals surface area contributed by atoms with Crippen LogP contribution in [0.25, 0.3) is 0 Å². The van der Waals surface area contributed by atoms with E-state index in [-0.39, 0.29) is 54.1 Å². The van der Waals surface area contributed by atoms with Crippen LogP contribution in [0.3, 0.4) is 0 Å². The molecule has 0 aliphatic carbocycles. The van der Waals surface area contributed by atoms with Crippen molar-refractivity contribution in [2.24, 2.45) is 0 Å². The highest BCUT2D eigenvalue weighted by atomic mass is 32.2. The minimum atomic E-state index is -0.741. The van der Waals surface area contributed by atoms with Crippen LogP contribution in [0.2, 0.25) is 0 Å². The molecule has 0 fully saturated rings. The summed E-state index contributed by atoms with van der Waals surface area (Å²) in [5, 5.41) is 77.1. The molecule has 7 aromatic rings. The summed E-state index contributed by atoms with van der Waals surface area (Å²) in [6.07, 6.45) is 3.07. The van der Waals surface area contributed by atoms with E-state index in [1.54, 1.807) is 53.5 Å². The van der Waals surface area contributed by atoms with Gasteiger partial charge in [0.05, 0.1) is 21.3 Å². The Morgan fingerprint density at radius 3 is 0.828 bits per heavy atom. The third-order valence-corrected chi connectivity index (χ3v) is 20.2. The summed E-state index contributed by atoms with van der Waals surface area (Å²) in [5.41, 5.74) is 18.7. The Morgan fingerprint density at radius 2 is 0.591 bits per heavy atom. The quantitative estimate of drug-likeness (QED) is 0.0137. The first kappa shape index (κ1) is 73.1. The van der Waals surface area contributed by atoms with Gasteiger partial charge in [0, 0.05) is 90.1 Å². The number of hydrogen-bond donors (Lipinski definition) is 9. The predicted molar refractivity (Wildman–Crippen MR) is 376 cm³/mol. The number of nitrogens with one attached hydrogen (secondary N) is 3. The molecule has 7 aromatic carbocycles. The Kier molecular flexibility index (Phi) is 27.3. The van der Waals surface area contributed by atoms with Crippen molar-refractivity contribution in [3.63, 3.8) is 0 Å². The fraction of sp³-hybridized carbons (Fsp3) is 0.400. The molecule has 93 heavy (non-hydrogen) atoms. The molecule has 0 aromatic heterocycles. The Morgan fingerprint density at radius 1 is 0.355 bits per heavy atom. The van der Waals surface area contributed by atoms with Crippen LogP contribution < -0.4 is 16.0 Å². The van der Waals surface area contributed by atoms with E-state index in [9.17, 15) is 45.0 Å². The van der Waals surface area contributed by atoms with Crippen LogP contribution in [0.4, 0.5) is 0 Å². The van der Waals surface area contributed by atoms with Gasteiger partial charge >= 0.3 is 17.9 Å². The molecule has 498 valence electrons. The first-order valence-electron chi connectivity index (χ1n) is 31.6. The molecule has 0 radical (unpaired) electrons. The molecule has 0 saturated carbocycles. The number of ether oxygens (including phenoxy) is 3. The van der Waals surface area contributed by atoms with Crippen molar-refractivity contribution in [3.05, 3.63) is 208 Å². The van der Waals surface area contributed by atoms with Crippen LogP contribution in [-0.2, 0) is 104 Å². The van der Waals surface area contributed by atoms with Crippen LogP contribution in [-0.4, -0.2) is 105 Å². The number of carbonyl (C=O) groups excluding carboxylic acids is 3. The van der Waals surface area contributed by atoms with Gasteiger partial charge in [-0.15, -0.1) is 0 Å². The summed E-state index contributed by atoms with van der Waals surface area (Å²) < 4.78 is 16.1. The zero-order valence-electron chi connectivity index (χ0n) is 55.9. The smallest absolute Gasteiger partial charge is 0.323 e. The largest absolute Gasteiger partial charge is 0.508 e. The minimum absolute atomic E-state index is 0.0900. The second-order valence-electron chi connectivity index (χ2n) is 24.1. The van der Waals surface area contributed by atoms with Gasteiger partial charge in [0.1, 0.15) is 52.6 Å². The van der Waals surface area contributed by atoms with Crippen molar-refractivity contribution in [1.29, 1.82) is 0 Å². The maximum absolute atomic E-state index is 13.6. The highest BCUT2D eigenvalue weighted by Crippen LogP contribution is 2.39. The van der Waals surface area contributed by atoms with E-state index in [1.165, 1.54) is 38.0 Å². The Bertz CT molecular complexity index is 3370. The molecule has 15 nitrogen and oxygen atoms in total. The van der Waals surface area contributed by atoms with Gasteiger partial charge in [0.2, 0.25) is 0 Å². The van der Waals surface area contributed by atoms with Crippen molar-refractivity contribution in [3.8, 4) is 34.5 Å². The second kappa shape index (κ2) is 34.7. The van der Waals surface area contributed by atoms with Gasteiger partial charge < -0.3 is 44.8 Å². The maximum atomic E-state index is 13.6. The lowest BCUT2D eigenvalue weighted by Gasteiger charge is -2.27. The molecule has 0 saturated heterocycles. The van der Waals surface area contributed by atoms with Crippen molar-refractivity contribution >= 4 is 53.2 Å². The van der Waals surface area contributed by atoms with Crippen molar-refractivity contribution in [1.82, 2.24) is 16.0 Å². The van der Waals surface area contributed by atoms with Crippen LogP contribution in [0.1, 0.15) is 138 Å². The summed E-state index contributed by atoms with van der Waals surface area (Å²) in [4.78, 5) is 40.9. The summed E-state index contributed by atoms with van der Waals surface area (Å²) in [7, 11) is 4.10. The number of thioether (sulfide) groups is 3. The average molecular weight is 1320 g/mol. The third-order valence-electron chi connectivity index (χ3n) is 17.0. The van der Waals surface area contributed by atoms with Crippen molar-refractivity contribution in [2.75, 3.05) is 38.6 Å². The molecule has 0 aliphatic rings. The maximum Gasteiger partial charge on any atom is 0.323 e. The first-order valence-corrected chi connectivity index (χ1v) is 35.1. The molecular weight excluding hydrogens is 1230 g/mol. The molecule has 18 heteroatoms. The van der Waals surface area contributed by atoms with Crippen LogP contribution in [0.15, 0.2) is 91.0 Å². The SMILES string of the molecule is CCc1c(CSC[C@@H](NCc2cc(C)cc(Cc3cc(C)ccc3O)c2O)C(=O)OC)c(CC)c(CSC[C@@H](NCc2cc(C)cc(Cc3cc(C)ccc3O)c2O)C(=O)OC)c(CC)c1CSC[C@@H](NCc1cc(C)cc(Cc2cc(C)ccc2O)c1O)C(=O)OC. The predicted octanol–water partition coefficient (Wildman–Crippen LogP) is 12.9. The number of methoxy groups -OCH3 is 3. The van der Waals surface area contributed by atoms with E-state index in [0.29, 0.717) is 123 Å². The molecule has 9 N–H and O–H groups in total. The molecule has 3 atom stereocenters. The van der Waals surface area contributed by atoms with Gasteiger partial charge in [-0.25, -0.2) is 0 Å². The normalized spacial score (nSPS) is 12.4. The number of esters is 3. The van der Waals surface area contributed by atoms with E-state index in [1.807, 2.05) is 114 Å². The molecule has 7 rings (SSSR count). The van der Waals surface area contributed by atoms with Crippen molar-refractivity contribution in [2.45, 2.75) is 156 Å². The lowest BCUT2D eigenvalue weighted by atomic mass is 9.85. The molecule has 0 bridgehead atoms. The molecule has 0 heterocycles. The number of hydrogen-bond acceptors (Lipinski definition) is 18. The number of aryl methyl sites for hydroxylation is 6. The zero-order chi connectivity index (χ0) is 67.6. The number of aromatic hydroxyl groups is 6. The molecular formula is C75H93N3O12S3. The van der Waals surface area contributed by atoms with E-state index in [0.717, 1.165) is 50.1 Å². The number of phenolic OH excluding ortho intramolecular Hbond substituents is 6. The lowest BCUT2D eigenvalue weighted by Crippen LogP contribution is -2.39. The van der Waals surface area contributed by atoms with E-state index in [4.69, 9.17) is 14.2 Å². The number of carbonyl (C=O) groups is 3. The van der Waals surface area contributed by atoms with Gasteiger partial charge in [-0.2, -0.15) is 35.3 Å². The zero-order valence-corrected chi connectivity index (χ0v) is 58.3. The summed E-state index contributed by atoms with van der Waals surface area (Å²) in [6.45, 7) is 18.7. The fourth-order valence-corrected chi connectivity index (χ4v) is 15.8. The van der Waals surface area contributed by atoms with Gasteiger partial charge in [0.25, 0.3) is 0 Å². The summed E-state index contributed by atoms with van der Waals surface area (Å²) in [6, 6.07) is 25.4. The first-order chi connectivity index (χ1) is 44.5. The van der Waals surface area contributed by atoms with E-state index < -0.39 is 36.0 Å². The Hall–Kier alpha value is -7.32. The summed E-state index contributed by atoms with van der Waals surface area (Å²) >= 11 is 4.84. The standard InChI is InChI=1S/C75H93N3O12S3/c1-13-58-61(37-91-40-64(73(85)88-10)76-34-55-28-46(7)25-52(70(55)82)31-49-22-43(4)16-19-67(49)79)59(14-2)63(39-93-42-66(75(87)90-12)78-36-57-30-48(9)27-54(72(57)84)33-51-24-45(6)18-21-69(51)81)60(15-3)62(58)38-92-41-65(74(86)89-11)77-35-56-29-47(8)26-53(71(56)83)32-50-23-44(5)17-20-68(50)80/h16-30,64-66,76-84H,13-15,31-42H2,1-12H3/t64-,65-,66-/m1/s1. The van der Waals surface area contributed by atoms with Gasteiger partial charge in [-0.05, 0) is 146 Å². The highest BCUT2D eigenvalue weighted by molar-refractivity contribution is 7.99. The molecule has 0 unspecified atom stereocenters.